The number of hydrogen-bond acceptors (Lipinski definition) is 5. The van der Waals surface area contributed by atoms with E-state index in [4.69, 9.17) is 14.7 Å². The van der Waals surface area contributed by atoms with Crippen molar-refractivity contribution in [3.8, 4) is 40.1 Å². The van der Waals surface area contributed by atoms with Crippen molar-refractivity contribution in [3.63, 3.8) is 0 Å². The van der Waals surface area contributed by atoms with Gasteiger partial charge >= 0.3 is 5.97 Å². The number of esters is 1. The van der Waals surface area contributed by atoms with Gasteiger partial charge in [-0.15, -0.1) is 0 Å². The molecule has 0 aliphatic heterocycles. The maximum absolute atomic E-state index is 12.9. The highest BCUT2D eigenvalue weighted by molar-refractivity contribution is 5.98. The predicted octanol–water partition coefficient (Wildman–Crippen LogP) is 5.82. The van der Waals surface area contributed by atoms with Gasteiger partial charge in [0.05, 0.1) is 31.3 Å². The van der Waals surface area contributed by atoms with Crippen LogP contribution < -0.4 is 4.74 Å². The van der Waals surface area contributed by atoms with Crippen LogP contribution >= 0.6 is 0 Å². The Morgan fingerprint density at radius 2 is 1.71 bits per heavy atom. The van der Waals surface area contributed by atoms with Crippen LogP contribution in [0.2, 0.25) is 0 Å². The Balaban J connectivity index is 2.15. The number of aromatic nitrogens is 1. The smallest absolute Gasteiger partial charge is 0.355 e. The predicted molar refractivity (Wildman–Crippen MR) is 131 cm³/mol. The lowest BCUT2D eigenvalue weighted by molar-refractivity contribution is 0.0516. The molecule has 0 aliphatic carbocycles. The lowest BCUT2D eigenvalue weighted by Crippen LogP contribution is -2.12. The summed E-state index contributed by atoms with van der Waals surface area (Å²) in [4.78, 5) is 12.9. The van der Waals surface area contributed by atoms with Crippen molar-refractivity contribution in [2.75, 3.05) is 13.2 Å². The van der Waals surface area contributed by atoms with E-state index in [0.29, 0.717) is 36.3 Å². The summed E-state index contributed by atoms with van der Waals surface area (Å²) >= 11 is 0. The number of benzene rings is 2. The molecule has 174 valence electrons. The van der Waals surface area contributed by atoms with Crippen LogP contribution in [0.4, 0.5) is 0 Å². The monoisotopic (exact) mass is 455 g/mol. The number of nitrogens with zero attached hydrogens (tertiary/aromatic N) is 3. The highest BCUT2D eigenvalue weighted by Gasteiger charge is 2.27. The van der Waals surface area contributed by atoms with E-state index < -0.39 is 5.97 Å². The molecule has 0 fully saturated rings. The second-order valence-corrected chi connectivity index (χ2v) is 7.86. The number of rotatable bonds is 9. The standard InChI is InChI=1S/C28H29N3O3/c1-5-8-24-23(18-30)26(27(31(24)4)28(32)34-7-3)21-12-10-20(11-13-21)22-17-19(15-16-29)9-14-25(22)33-6-2/h9-14,17H,5-8,15H2,1-4H3. The summed E-state index contributed by atoms with van der Waals surface area (Å²) in [7, 11) is 1.81. The number of hydrogen-bond donors (Lipinski definition) is 0. The second kappa shape index (κ2) is 11.2. The van der Waals surface area contributed by atoms with Gasteiger partial charge in [-0.3, -0.25) is 0 Å². The average molecular weight is 456 g/mol. The third-order valence-corrected chi connectivity index (χ3v) is 5.69. The lowest BCUT2D eigenvalue weighted by Gasteiger charge is -2.13. The molecule has 0 saturated carbocycles. The molecule has 0 N–H and O–H groups in total. The van der Waals surface area contributed by atoms with Crippen LogP contribution in [0.15, 0.2) is 42.5 Å². The minimum Gasteiger partial charge on any atom is -0.493 e. The molecule has 1 aromatic heterocycles. The molecule has 0 atom stereocenters. The number of carbonyl (C=O) groups excluding carboxylic acids is 1. The lowest BCUT2D eigenvalue weighted by atomic mass is 9.95. The molecular weight excluding hydrogens is 426 g/mol. The van der Waals surface area contributed by atoms with Crippen LogP contribution in [0.3, 0.4) is 0 Å². The first-order valence-electron chi connectivity index (χ1n) is 11.5. The molecule has 1 heterocycles. The van der Waals surface area contributed by atoms with Crippen LogP contribution in [0, 0.1) is 22.7 Å². The number of nitriles is 2. The summed E-state index contributed by atoms with van der Waals surface area (Å²) < 4.78 is 12.9. The second-order valence-electron chi connectivity index (χ2n) is 7.86. The van der Waals surface area contributed by atoms with E-state index in [9.17, 15) is 10.1 Å². The van der Waals surface area contributed by atoms with Crippen molar-refractivity contribution in [2.45, 2.75) is 40.0 Å². The fraction of sp³-hybridized carbons (Fsp3) is 0.321. The van der Waals surface area contributed by atoms with E-state index in [1.807, 2.05) is 63.4 Å². The average Bonchev–Trinajstić information content (AvgIpc) is 3.12. The van der Waals surface area contributed by atoms with Crippen LogP contribution in [-0.2, 0) is 24.6 Å². The van der Waals surface area contributed by atoms with Gasteiger partial charge in [-0.05, 0) is 49.1 Å². The van der Waals surface area contributed by atoms with Gasteiger partial charge in [0.25, 0.3) is 0 Å². The highest BCUT2D eigenvalue weighted by atomic mass is 16.5. The minimum absolute atomic E-state index is 0.257. The summed E-state index contributed by atoms with van der Waals surface area (Å²) in [5, 5.41) is 19.1. The Bertz CT molecular complexity index is 1260. The highest BCUT2D eigenvalue weighted by Crippen LogP contribution is 2.36. The molecule has 6 nitrogen and oxygen atoms in total. The first kappa shape index (κ1) is 24.6. The van der Waals surface area contributed by atoms with Gasteiger partial charge in [0.1, 0.15) is 17.5 Å². The minimum atomic E-state index is -0.439. The zero-order chi connectivity index (χ0) is 24.7. The number of ether oxygens (including phenoxy) is 2. The van der Waals surface area contributed by atoms with Crippen molar-refractivity contribution >= 4 is 5.97 Å². The molecule has 0 saturated heterocycles. The Labute approximate surface area is 201 Å². The Morgan fingerprint density at radius 1 is 1.00 bits per heavy atom. The molecule has 0 unspecified atom stereocenters. The fourth-order valence-corrected chi connectivity index (χ4v) is 4.20. The fourth-order valence-electron chi connectivity index (χ4n) is 4.20. The molecule has 2 aromatic carbocycles. The third-order valence-electron chi connectivity index (χ3n) is 5.69. The van der Waals surface area contributed by atoms with Crippen LogP contribution in [-0.4, -0.2) is 23.8 Å². The van der Waals surface area contributed by atoms with E-state index >= 15 is 0 Å². The molecule has 3 aromatic rings. The first-order valence-corrected chi connectivity index (χ1v) is 11.5. The summed E-state index contributed by atoms with van der Waals surface area (Å²) in [6.07, 6.45) is 1.86. The van der Waals surface area contributed by atoms with Gasteiger partial charge < -0.3 is 14.0 Å². The van der Waals surface area contributed by atoms with Gasteiger partial charge in [-0.25, -0.2) is 4.79 Å². The van der Waals surface area contributed by atoms with Crippen LogP contribution in [0.5, 0.6) is 5.75 Å². The molecule has 0 bridgehead atoms. The number of carbonyl (C=O) groups is 1. The molecule has 34 heavy (non-hydrogen) atoms. The molecule has 0 amide bonds. The normalized spacial score (nSPS) is 10.4. The molecule has 6 heteroatoms. The molecule has 0 aliphatic rings. The molecular formula is C28H29N3O3. The van der Waals surface area contributed by atoms with Gasteiger partial charge in [0, 0.05) is 23.9 Å². The zero-order valence-corrected chi connectivity index (χ0v) is 20.1. The molecule has 0 radical (unpaired) electrons. The van der Waals surface area contributed by atoms with E-state index in [1.54, 1.807) is 11.5 Å². The Hall–Kier alpha value is -4.03. The summed E-state index contributed by atoms with van der Waals surface area (Å²) in [5.74, 6) is 0.303. The maximum Gasteiger partial charge on any atom is 0.355 e. The van der Waals surface area contributed by atoms with E-state index in [0.717, 1.165) is 40.1 Å². The Morgan fingerprint density at radius 3 is 2.29 bits per heavy atom. The van der Waals surface area contributed by atoms with Crippen LogP contribution in [0.1, 0.15) is 54.5 Å². The third kappa shape index (κ3) is 4.82. The zero-order valence-electron chi connectivity index (χ0n) is 20.1. The van der Waals surface area contributed by atoms with Crippen molar-refractivity contribution in [1.29, 1.82) is 10.5 Å². The molecule has 3 rings (SSSR count). The van der Waals surface area contributed by atoms with Crippen molar-refractivity contribution < 1.29 is 14.3 Å². The van der Waals surface area contributed by atoms with Gasteiger partial charge in [-0.2, -0.15) is 10.5 Å². The maximum atomic E-state index is 12.9. The van der Waals surface area contributed by atoms with Crippen LogP contribution in [0.25, 0.3) is 22.3 Å². The Kier molecular flexibility index (Phi) is 8.11. The first-order chi connectivity index (χ1) is 16.5. The summed E-state index contributed by atoms with van der Waals surface area (Å²) in [6.45, 7) is 6.53. The van der Waals surface area contributed by atoms with E-state index in [2.05, 4.69) is 12.1 Å². The van der Waals surface area contributed by atoms with Gasteiger partial charge in [0.15, 0.2) is 0 Å². The molecule has 0 spiro atoms. The van der Waals surface area contributed by atoms with Gasteiger partial charge in [-0.1, -0.05) is 43.7 Å². The van der Waals surface area contributed by atoms with E-state index in [1.165, 1.54) is 0 Å². The van der Waals surface area contributed by atoms with E-state index in [-0.39, 0.29) is 6.61 Å². The summed E-state index contributed by atoms with van der Waals surface area (Å²) in [6, 6.07) is 18.0. The van der Waals surface area contributed by atoms with Gasteiger partial charge in [0.2, 0.25) is 0 Å². The topological polar surface area (TPSA) is 88.0 Å². The van der Waals surface area contributed by atoms with Crippen molar-refractivity contribution in [3.05, 3.63) is 65.0 Å². The summed E-state index contributed by atoms with van der Waals surface area (Å²) in [5.41, 5.74) is 5.82. The van der Waals surface area contributed by atoms with Crippen molar-refractivity contribution in [1.82, 2.24) is 4.57 Å². The van der Waals surface area contributed by atoms with Crippen molar-refractivity contribution in [2.24, 2.45) is 7.05 Å². The quantitative estimate of drug-likeness (QED) is 0.379. The SMILES string of the molecule is CCCc1c(C#N)c(-c2ccc(-c3cc(CC#N)ccc3OCC)cc2)c(C(=O)OCC)n1C. The largest absolute Gasteiger partial charge is 0.493 e.